The van der Waals surface area contributed by atoms with Gasteiger partial charge >= 0.3 is 5.97 Å². The lowest BCUT2D eigenvalue weighted by Crippen LogP contribution is -2.37. The summed E-state index contributed by atoms with van der Waals surface area (Å²) in [7, 11) is 0. The number of carboxylic acid groups (broad SMARTS) is 1. The second-order valence-corrected chi connectivity index (χ2v) is 6.94. The molecule has 1 N–H and O–H groups in total. The number of aliphatic carboxylic acids is 1. The minimum atomic E-state index is -0.526. The second kappa shape index (κ2) is 8.69. The van der Waals surface area contributed by atoms with Crippen molar-refractivity contribution in [1.29, 1.82) is 0 Å². The first-order valence-electron chi connectivity index (χ1n) is 8.81. The molecule has 0 amide bonds. The van der Waals surface area contributed by atoms with E-state index in [-0.39, 0.29) is 0 Å². The van der Waals surface area contributed by atoms with Crippen LogP contribution in [0.5, 0.6) is 0 Å². The number of unbranched alkanes of at least 4 members (excludes halogenated alkanes) is 1. The van der Waals surface area contributed by atoms with E-state index in [2.05, 4.69) is 20.8 Å². The fourth-order valence-electron chi connectivity index (χ4n) is 3.93. The lowest BCUT2D eigenvalue weighted by molar-refractivity contribution is -0.153. The maximum absolute atomic E-state index is 11.9. The molecular weight excluding hydrogens is 248 g/mol. The third kappa shape index (κ3) is 4.79. The van der Waals surface area contributed by atoms with E-state index in [1.54, 1.807) is 0 Å². The van der Waals surface area contributed by atoms with Crippen LogP contribution in [0.4, 0.5) is 0 Å². The molecule has 20 heavy (non-hydrogen) atoms. The van der Waals surface area contributed by atoms with Crippen molar-refractivity contribution < 1.29 is 9.90 Å². The Labute approximate surface area is 125 Å². The molecule has 0 aromatic rings. The van der Waals surface area contributed by atoms with Gasteiger partial charge in [0.2, 0.25) is 0 Å². The molecule has 1 atom stereocenters. The Morgan fingerprint density at radius 3 is 2.30 bits per heavy atom. The summed E-state index contributed by atoms with van der Waals surface area (Å²) in [6.07, 6.45) is 12.3. The van der Waals surface area contributed by atoms with Gasteiger partial charge in [-0.2, -0.15) is 0 Å². The van der Waals surface area contributed by atoms with Crippen LogP contribution in [0, 0.1) is 17.3 Å². The molecule has 1 aliphatic rings. The van der Waals surface area contributed by atoms with Gasteiger partial charge in [-0.3, -0.25) is 4.79 Å². The van der Waals surface area contributed by atoms with E-state index >= 15 is 0 Å². The molecule has 2 nitrogen and oxygen atoms in total. The van der Waals surface area contributed by atoms with Crippen LogP contribution >= 0.6 is 0 Å². The average molecular weight is 282 g/mol. The molecule has 1 rings (SSSR count). The largest absolute Gasteiger partial charge is 0.481 e. The van der Waals surface area contributed by atoms with E-state index in [0.29, 0.717) is 5.92 Å². The van der Waals surface area contributed by atoms with Crippen molar-refractivity contribution in [3.05, 3.63) is 0 Å². The van der Waals surface area contributed by atoms with Gasteiger partial charge in [-0.15, -0.1) is 0 Å². The summed E-state index contributed by atoms with van der Waals surface area (Å²) >= 11 is 0. The van der Waals surface area contributed by atoms with Gasteiger partial charge in [0, 0.05) is 0 Å². The Kier molecular flexibility index (Phi) is 7.61. The molecule has 0 bridgehead atoms. The molecule has 1 saturated carbocycles. The Morgan fingerprint density at radius 1 is 1.20 bits per heavy atom. The topological polar surface area (TPSA) is 37.3 Å². The predicted molar refractivity (Wildman–Crippen MR) is 84.9 cm³/mol. The Bertz CT molecular complexity index is 277. The van der Waals surface area contributed by atoms with Crippen molar-refractivity contribution in [3.63, 3.8) is 0 Å². The minimum absolute atomic E-state index is 0.404. The molecule has 0 heterocycles. The second-order valence-electron chi connectivity index (χ2n) is 6.94. The molecule has 1 fully saturated rings. The van der Waals surface area contributed by atoms with Crippen molar-refractivity contribution in [3.8, 4) is 0 Å². The van der Waals surface area contributed by atoms with Gasteiger partial charge in [0.25, 0.3) is 0 Å². The highest BCUT2D eigenvalue weighted by molar-refractivity contribution is 5.74. The first-order valence-corrected chi connectivity index (χ1v) is 8.81. The van der Waals surface area contributed by atoms with E-state index in [0.717, 1.165) is 44.4 Å². The van der Waals surface area contributed by atoms with E-state index in [4.69, 9.17) is 0 Å². The molecule has 0 aliphatic heterocycles. The van der Waals surface area contributed by atoms with Crippen LogP contribution in [0.3, 0.4) is 0 Å². The van der Waals surface area contributed by atoms with Gasteiger partial charge in [-0.1, -0.05) is 59.3 Å². The summed E-state index contributed by atoms with van der Waals surface area (Å²) in [4.78, 5) is 11.9. The van der Waals surface area contributed by atoms with E-state index in [1.165, 1.54) is 32.1 Å². The Balaban J connectivity index is 2.62. The molecule has 1 aliphatic carbocycles. The minimum Gasteiger partial charge on any atom is -0.481 e. The highest BCUT2D eigenvalue weighted by Gasteiger charge is 2.42. The molecule has 1 unspecified atom stereocenters. The predicted octanol–water partition coefficient (Wildman–Crippen LogP) is 5.65. The van der Waals surface area contributed by atoms with Crippen molar-refractivity contribution >= 4 is 5.97 Å². The summed E-state index contributed by atoms with van der Waals surface area (Å²) in [5, 5.41) is 9.77. The number of hydrogen-bond donors (Lipinski definition) is 1. The fraction of sp³-hybridized carbons (Fsp3) is 0.944. The van der Waals surface area contributed by atoms with Crippen LogP contribution < -0.4 is 0 Å². The lowest BCUT2D eigenvalue weighted by Gasteiger charge is -2.39. The highest BCUT2D eigenvalue weighted by atomic mass is 16.4. The third-order valence-corrected chi connectivity index (χ3v) is 5.44. The van der Waals surface area contributed by atoms with Gasteiger partial charge in [-0.25, -0.2) is 0 Å². The van der Waals surface area contributed by atoms with Crippen molar-refractivity contribution in [2.75, 3.05) is 0 Å². The maximum atomic E-state index is 11.9. The third-order valence-electron chi connectivity index (χ3n) is 5.44. The summed E-state index contributed by atoms with van der Waals surface area (Å²) in [6.45, 7) is 6.67. The van der Waals surface area contributed by atoms with Crippen LogP contribution in [0.25, 0.3) is 0 Å². The lowest BCUT2D eigenvalue weighted by atomic mass is 9.65. The van der Waals surface area contributed by atoms with E-state index in [1.807, 2.05) is 0 Å². The van der Waals surface area contributed by atoms with E-state index < -0.39 is 11.4 Å². The number of carbonyl (C=O) groups is 1. The SMILES string of the molecule is CCCCC(CC)CC1(C(=O)O)CCC(CCC)CC1. The molecule has 0 radical (unpaired) electrons. The monoisotopic (exact) mass is 282 g/mol. The van der Waals surface area contributed by atoms with Gasteiger partial charge < -0.3 is 5.11 Å². The highest BCUT2D eigenvalue weighted by Crippen LogP contribution is 2.46. The Morgan fingerprint density at radius 2 is 1.85 bits per heavy atom. The van der Waals surface area contributed by atoms with Gasteiger partial charge in [0.05, 0.1) is 5.41 Å². The first kappa shape index (κ1) is 17.5. The summed E-state index contributed by atoms with van der Waals surface area (Å²) < 4.78 is 0. The number of rotatable bonds is 9. The average Bonchev–Trinajstić information content (AvgIpc) is 2.45. The van der Waals surface area contributed by atoms with Crippen molar-refractivity contribution in [2.45, 2.75) is 91.4 Å². The Hall–Kier alpha value is -0.530. The normalized spacial score (nSPS) is 28.2. The molecule has 2 heteroatoms. The zero-order valence-electron chi connectivity index (χ0n) is 13.8. The smallest absolute Gasteiger partial charge is 0.309 e. The van der Waals surface area contributed by atoms with Gasteiger partial charge in [0.15, 0.2) is 0 Å². The molecule has 0 aromatic heterocycles. The summed E-state index contributed by atoms with van der Waals surface area (Å²) in [5.41, 5.74) is -0.404. The van der Waals surface area contributed by atoms with E-state index in [9.17, 15) is 9.90 Å². The molecule has 118 valence electrons. The summed E-state index contributed by atoms with van der Waals surface area (Å²) in [5.74, 6) is 0.861. The maximum Gasteiger partial charge on any atom is 0.309 e. The molecular formula is C18H34O2. The molecule has 0 aromatic carbocycles. The first-order chi connectivity index (χ1) is 9.57. The fourth-order valence-corrected chi connectivity index (χ4v) is 3.93. The number of hydrogen-bond acceptors (Lipinski definition) is 1. The van der Waals surface area contributed by atoms with Crippen LogP contribution in [-0.2, 0) is 4.79 Å². The van der Waals surface area contributed by atoms with Crippen LogP contribution in [0.15, 0.2) is 0 Å². The van der Waals surface area contributed by atoms with Gasteiger partial charge in [0.1, 0.15) is 0 Å². The standard InChI is InChI=1S/C18H34O2/c1-4-7-9-15(6-3)14-18(17(19)20)12-10-16(8-5-2)11-13-18/h15-16H,4-14H2,1-3H3,(H,19,20). The zero-order chi connectivity index (χ0) is 15.0. The number of carboxylic acids is 1. The summed E-state index contributed by atoms with van der Waals surface area (Å²) in [6, 6.07) is 0. The van der Waals surface area contributed by atoms with Gasteiger partial charge in [-0.05, 0) is 43.9 Å². The molecule has 0 saturated heterocycles. The van der Waals surface area contributed by atoms with Crippen molar-refractivity contribution in [1.82, 2.24) is 0 Å². The van der Waals surface area contributed by atoms with Crippen molar-refractivity contribution in [2.24, 2.45) is 17.3 Å². The van der Waals surface area contributed by atoms with Crippen LogP contribution in [-0.4, -0.2) is 11.1 Å². The zero-order valence-corrected chi connectivity index (χ0v) is 13.8. The quantitative estimate of drug-likeness (QED) is 0.593. The van der Waals surface area contributed by atoms with Crippen LogP contribution in [0.1, 0.15) is 91.4 Å². The molecule has 0 spiro atoms. The van der Waals surface area contributed by atoms with Crippen LogP contribution in [0.2, 0.25) is 0 Å².